The van der Waals surface area contributed by atoms with E-state index < -0.39 is 0 Å². The second-order valence-electron chi connectivity index (χ2n) is 6.09. The summed E-state index contributed by atoms with van der Waals surface area (Å²) in [5.41, 5.74) is -0.245. The summed E-state index contributed by atoms with van der Waals surface area (Å²) >= 11 is 0. The molecular weight excluding hydrogens is 212 g/mol. The van der Waals surface area contributed by atoms with Crippen LogP contribution in [0, 0.1) is 11.3 Å². The van der Waals surface area contributed by atoms with Crippen molar-refractivity contribution in [2.75, 3.05) is 0 Å². The Morgan fingerprint density at radius 2 is 2.06 bits per heavy atom. The van der Waals surface area contributed by atoms with Crippen LogP contribution in [0.5, 0.6) is 0 Å². The fraction of sp³-hybridized carbons (Fsp3) is 0.733. The van der Waals surface area contributed by atoms with Gasteiger partial charge in [-0.1, -0.05) is 32.9 Å². The van der Waals surface area contributed by atoms with Crippen LogP contribution < -0.4 is 0 Å². The van der Waals surface area contributed by atoms with Crippen molar-refractivity contribution < 1.29 is 9.59 Å². The van der Waals surface area contributed by atoms with Gasteiger partial charge in [-0.05, 0) is 25.2 Å². The molecule has 0 bridgehead atoms. The molecule has 1 atom stereocenters. The SMILES string of the molecule is CC(C)(C)C(=O)C/C=C/CC1CCCC(=O)C1. The number of hydrogen-bond acceptors (Lipinski definition) is 2. The summed E-state index contributed by atoms with van der Waals surface area (Å²) in [5, 5.41) is 0. The number of allylic oxidation sites excluding steroid dienone is 2. The zero-order valence-electron chi connectivity index (χ0n) is 11.3. The van der Waals surface area contributed by atoms with E-state index in [1.165, 1.54) is 0 Å². The smallest absolute Gasteiger partial charge is 0.141 e. The van der Waals surface area contributed by atoms with E-state index >= 15 is 0 Å². The highest BCUT2D eigenvalue weighted by Crippen LogP contribution is 2.24. The van der Waals surface area contributed by atoms with Crippen molar-refractivity contribution in [1.82, 2.24) is 0 Å². The average Bonchev–Trinajstić information content (AvgIpc) is 2.23. The Bertz CT molecular complexity index is 307. The minimum atomic E-state index is -0.245. The zero-order chi connectivity index (χ0) is 12.9. The van der Waals surface area contributed by atoms with Gasteiger partial charge in [0.1, 0.15) is 11.6 Å². The first-order chi connectivity index (χ1) is 7.89. The number of carbonyl (C=O) groups excluding carboxylic acids is 2. The summed E-state index contributed by atoms with van der Waals surface area (Å²) < 4.78 is 0. The van der Waals surface area contributed by atoms with Crippen LogP contribution in [0.2, 0.25) is 0 Å². The van der Waals surface area contributed by atoms with Crippen molar-refractivity contribution in [3.8, 4) is 0 Å². The Morgan fingerprint density at radius 1 is 1.35 bits per heavy atom. The van der Waals surface area contributed by atoms with E-state index in [2.05, 4.69) is 6.08 Å². The molecule has 0 saturated heterocycles. The third-order valence-corrected chi connectivity index (χ3v) is 3.36. The van der Waals surface area contributed by atoms with Crippen LogP contribution in [-0.2, 0) is 9.59 Å². The van der Waals surface area contributed by atoms with Crippen molar-refractivity contribution in [3.63, 3.8) is 0 Å². The van der Waals surface area contributed by atoms with Crippen LogP contribution in [0.25, 0.3) is 0 Å². The van der Waals surface area contributed by atoms with Crippen LogP contribution in [-0.4, -0.2) is 11.6 Å². The normalized spacial score (nSPS) is 22.1. The fourth-order valence-corrected chi connectivity index (χ4v) is 2.10. The minimum Gasteiger partial charge on any atom is -0.300 e. The topological polar surface area (TPSA) is 34.1 Å². The molecule has 0 aliphatic heterocycles. The third-order valence-electron chi connectivity index (χ3n) is 3.36. The van der Waals surface area contributed by atoms with E-state index in [4.69, 9.17) is 0 Å². The molecule has 0 amide bonds. The zero-order valence-corrected chi connectivity index (χ0v) is 11.3. The molecule has 1 unspecified atom stereocenters. The summed E-state index contributed by atoms with van der Waals surface area (Å²) in [5.74, 6) is 1.19. The molecule has 0 radical (unpaired) electrons. The van der Waals surface area contributed by atoms with Gasteiger partial charge in [0, 0.05) is 24.7 Å². The van der Waals surface area contributed by atoms with E-state index in [-0.39, 0.29) is 11.2 Å². The number of carbonyl (C=O) groups is 2. The highest BCUT2D eigenvalue weighted by Gasteiger charge is 2.20. The standard InChI is InChI=1S/C15H24O2/c1-15(2,3)14(17)10-5-4-7-12-8-6-9-13(16)11-12/h4-5,12H,6-11H2,1-3H3/b5-4+. The molecule has 0 heterocycles. The van der Waals surface area contributed by atoms with Crippen molar-refractivity contribution in [2.45, 2.75) is 59.3 Å². The Labute approximate surface area is 104 Å². The lowest BCUT2D eigenvalue weighted by Gasteiger charge is -2.19. The number of hydrogen-bond donors (Lipinski definition) is 0. The molecule has 0 spiro atoms. The molecule has 0 aromatic rings. The molecule has 0 aromatic carbocycles. The summed E-state index contributed by atoms with van der Waals surface area (Å²) in [4.78, 5) is 22.9. The lowest BCUT2D eigenvalue weighted by molar-refractivity contribution is -0.125. The van der Waals surface area contributed by atoms with Gasteiger partial charge in [-0.25, -0.2) is 0 Å². The van der Waals surface area contributed by atoms with Crippen molar-refractivity contribution in [2.24, 2.45) is 11.3 Å². The predicted octanol–water partition coefficient (Wildman–Crippen LogP) is 3.70. The Kier molecular flexibility index (Phi) is 5.10. The molecule has 1 aliphatic rings. The lowest BCUT2D eigenvalue weighted by Crippen LogP contribution is -2.18. The molecule has 1 saturated carbocycles. The number of Topliss-reactive ketones (excluding diaryl/α,β-unsaturated/α-hetero) is 2. The van der Waals surface area contributed by atoms with Gasteiger partial charge in [0.2, 0.25) is 0 Å². The first-order valence-electron chi connectivity index (χ1n) is 6.59. The number of ketones is 2. The average molecular weight is 236 g/mol. The van der Waals surface area contributed by atoms with E-state index in [0.717, 1.165) is 32.1 Å². The summed E-state index contributed by atoms with van der Waals surface area (Å²) in [6, 6.07) is 0. The second-order valence-corrected chi connectivity index (χ2v) is 6.09. The maximum Gasteiger partial charge on any atom is 0.141 e. The summed E-state index contributed by atoms with van der Waals surface area (Å²) in [6.45, 7) is 5.84. The van der Waals surface area contributed by atoms with Crippen molar-refractivity contribution in [1.29, 1.82) is 0 Å². The van der Waals surface area contributed by atoms with Gasteiger partial charge >= 0.3 is 0 Å². The lowest BCUT2D eigenvalue weighted by atomic mass is 9.85. The second kappa shape index (κ2) is 6.13. The molecule has 0 N–H and O–H groups in total. The summed E-state index contributed by atoms with van der Waals surface area (Å²) in [6.07, 6.45) is 9.20. The van der Waals surface area contributed by atoms with Crippen LogP contribution >= 0.6 is 0 Å². The highest BCUT2D eigenvalue weighted by atomic mass is 16.1. The van der Waals surface area contributed by atoms with Gasteiger partial charge in [0.05, 0.1) is 0 Å². The first kappa shape index (κ1) is 14.1. The van der Waals surface area contributed by atoms with Gasteiger partial charge in [-0.2, -0.15) is 0 Å². The van der Waals surface area contributed by atoms with Gasteiger partial charge in [-0.3, -0.25) is 9.59 Å². The van der Waals surface area contributed by atoms with Gasteiger partial charge in [0.15, 0.2) is 0 Å². The minimum absolute atomic E-state index is 0.245. The predicted molar refractivity (Wildman–Crippen MR) is 69.8 cm³/mol. The van der Waals surface area contributed by atoms with E-state index in [1.54, 1.807) is 0 Å². The quantitative estimate of drug-likeness (QED) is 0.697. The summed E-state index contributed by atoms with van der Waals surface area (Å²) in [7, 11) is 0. The molecule has 1 rings (SSSR count). The Morgan fingerprint density at radius 3 is 2.65 bits per heavy atom. The Hall–Kier alpha value is -0.920. The largest absolute Gasteiger partial charge is 0.300 e. The van der Waals surface area contributed by atoms with Gasteiger partial charge in [0.25, 0.3) is 0 Å². The molecule has 1 aliphatic carbocycles. The first-order valence-corrected chi connectivity index (χ1v) is 6.59. The Balaban J connectivity index is 2.26. The molecule has 1 fully saturated rings. The molecule has 17 heavy (non-hydrogen) atoms. The highest BCUT2D eigenvalue weighted by molar-refractivity contribution is 5.84. The molecule has 2 heteroatoms. The van der Waals surface area contributed by atoms with Crippen molar-refractivity contribution in [3.05, 3.63) is 12.2 Å². The van der Waals surface area contributed by atoms with Crippen LogP contribution in [0.1, 0.15) is 59.3 Å². The molecule has 2 nitrogen and oxygen atoms in total. The van der Waals surface area contributed by atoms with E-state index in [1.807, 2.05) is 26.8 Å². The maximum atomic E-state index is 11.7. The molecule has 96 valence electrons. The monoisotopic (exact) mass is 236 g/mol. The van der Waals surface area contributed by atoms with Crippen LogP contribution in [0.15, 0.2) is 12.2 Å². The number of rotatable bonds is 4. The van der Waals surface area contributed by atoms with Crippen LogP contribution in [0.3, 0.4) is 0 Å². The van der Waals surface area contributed by atoms with Gasteiger partial charge < -0.3 is 0 Å². The van der Waals surface area contributed by atoms with E-state index in [9.17, 15) is 9.59 Å². The van der Waals surface area contributed by atoms with E-state index in [0.29, 0.717) is 18.1 Å². The van der Waals surface area contributed by atoms with Crippen molar-refractivity contribution >= 4 is 11.6 Å². The third kappa shape index (κ3) is 5.29. The molecular formula is C15H24O2. The van der Waals surface area contributed by atoms with Gasteiger partial charge in [-0.15, -0.1) is 0 Å². The fourth-order valence-electron chi connectivity index (χ4n) is 2.10. The molecule has 0 aromatic heterocycles. The van der Waals surface area contributed by atoms with Crippen LogP contribution in [0.4, 0.5) is 0 Å². The maximum absolute atomic E-state index is 11.7.